The molecule has 0 bridgehead atoms. The number of aliphatic hydroxyl groups excluding tert-OH is 1. The van der Waals surface area contributed by atoms with Crippen LogP contribution in [0.5, 0.6) is 17.2 Å². The van der Waals surface area contributed by atoms with Gasteiger partial charge in [-0.05, 0) is 72.6 Å². The van der Waals surface area contributed by atoms with Crippen LogP contribution in [0.15, 0.2) is 54.6 Å². The summed E-state index contributed by atoms with van der Waals surface area (Å²) in [4.78, 5) is 2.45. The lowest BCUT2D eigenvalue weighted by atomic mass is 9.97. The summed E-state index contributed by atoms with van der Waals surface area (Å²) < 4.78 is 12.0. The van der Waals surface area contributed by atoms with Crippen molar-refractivity contribution in [2.75, 3.05) is 39.5 Å². The summed E-state index contributed by atoms with van der Waals surface area (Å²) in [5, 5.41) is 21.0. The Hall–Kier alpha value is -2.76. The van der Waals surface area contributed by atoms with E-state index in [0.717, 1.165) is 65.9 Å². The summed E-state index contributed by atoms with van der Waals surface area (Å²) >= 11 is 0. The molecule has 5 heteroatoms. The second-order valence-electron chi connectivity index (χ2n) is 8.38. The fraction of sp³-hybridized carbons (Fsp3) is 0.429. The van der Waals surface area contributed by atoms with E-state index in [1.165, 1.54) is 0 Å². The lowest BCUT2D eigenvalue weighted by Crippen LogP contribution is -2.30. The Balaban J connectivity index is 1.70. The Bertz CT molecular complexity index is 981. The number of rotatable bonds is 14. The average molecular weight is 452 g/mol. The molecule has 3 aromatic carbocycles. The monoisotopic (exact) mass is 451 g/mol. The maximum atomic E-state index is 9.87. The molecule has 5 nitrogen and oxygen atoms in total. The SMILES string of the molecule is CCCN(CCC)CCOc1ccc(Cc2c(OCCCO)ccc3cc(O)ccc23)cc1. The van der Waals surface area contributed by atoms with E-state index in [2.05, 4.69) is 30.9 Å². The van der Waals surface area contributed by atoms with Gasteiger partial charge in [0, 0.05) is 31.6 Å². The van der Waals surface area contributed by atoms with Crippen molar-refractivity contribution >= 4 is 10.8 Å². The molecule has 0 heterocycles. The van der Waals surface area contributed by atoms with Crippen molar-refractivity contribution in [3.8, 4) is 17.2 Å². The van der Waals surface area contributed by atoms with E-state index < -0.39 is 0 Å². The van der Waals surface area contributed by atoms with Gasteiger partial charge in [0.25, 0.3) is 0 Å². The lowest BCUT2D eigenvalue weighted by Gasteiger charge is -2.21. The van der Waals surface area contributed by atoms with Gasteiger partial charge in [0.05, 0.1) is 6.61 Å². The maximum absolute atomic E-state index is 9.87. The molecule has 3 aromatic rings. The van der Waals surface area contributed by atoms with Gasteiger partial charge in [-0.2, -0.15) is 0 Å². The van der Waals surface area contributed by atoms with Gasteiger partial charge >= 0.3 is 0 Å². The van der Waals surface area contributed by atoms with Crippen LogP contribution in [-0.2, 0) is 6.42 Å². The number of hydrogen-bond donors (Lipinski definition) is 2. The van der Waals surface area contributed by atoms with Crippen molar-refractivity contribution < 1.29 is 19.7 Å². The van der Waals surface area contributed by atoms with Gasteiger partial charge in [0.15, 0.2) is 0 Å². The summed E-state index contributed by atoms with van der Waals surface area (Å²) in [5.41, 5.74) is 2.24. The van der Waals surface area contributed by atoms with E-state index in [1.807, 2.05) is 30.3 Å². The van der Waals surface area contributed by atoms with Crippen LogP contribution in [0.3, 0.4) is 0 Å². The predicted octanol–water partition coefficient (Wildman–Crippen LogP) is 5.40. The highest BCUT2D eigenvalue weighted by molar-refractivity contribution is 5.89. The van der Waals surface area contributed by atoms with E-state index in [1.54, 1.807) is 12.1 Å². The Labute approximate surface area is 197 Å². The van der Waals surface area contributed by atoms with Crippen LogP contribution in [0.25, 0.3) is 10.8 Å². The van der Waals surface area contributed by atoms with Crippen molar-refractivity contribution in [2.24, 2.45) is 0 Å². The van der Waals surface area contributed by atoms with Crippen LogP contribution in [-0.4, -0.2) is 54.6 Å². The average Bonchev–Trinajstić information content (AvgIpc) is 2.81. The standard InChI is InChI=1S/C28H37NO4/c1-3-14-29(15-4-2)16-19-32-25-10-6-22(7-11-25)20-27-26-12-9-24(31)21-23(26)8-13-28(27)33-18-5-17-30/h6-13,21,30-31H,3-5,14-20H2,1-2H3. The number of fused-ring (bicyclic) bond motifs is 1. The lowest BCUT2D eigenvalue weighted by molar-refractivity contribution is 0.209. The number of benzene rings is 3. The third-order valence-corrected chi connectivity index (χ3v) is 5.69. The summed E-state index contributed by atoms with van der Waals surface area (Å²) in [6, 6.07) is 17.6. The molecule has 0 spiro atoms. The van der Waals surface area contributed by atoms with Crippen LogP contribution in [0, 0.1) is 0 Å². The Morgan fingerprint density at radius 3 is 2.27 bits per heavy atom. The first-order valence-electron chi connectivity index (χ1n) is 12.1. The van der Waals surface area contributed by atoms with E-state index in [0.29, 0.717) is 26.1 Å². The van der Waals surface area contributed by atoms with Gasteiger partial charge in [0.1, 0.15) is 23.9 Å². The number of phenols is 1. The molecule has 0 aliphatic carbocycles. The molecule has 0 atom stereocenters. The normalized spacial score (nSPS) is 11.3. The number of phenolic OH excluding ortho intramolecular Hbond substituents is 1. The zero-order valence-electron chi connectivity index (χ0n) is 19.9. The molecular weight excluding hydrogens is 414 g/mol. The number of hydrogen-bond acceptors (Lipinski definition) is 5. The van der Waals surface area contributed by atoms with Crippen molar-refractivity contribution in [2.45, 2.75) is 39.5 Å². The topological polar surface area (TPSA) is 62.2 Å². The van der Waals surface area contributed by atoms with Crippen LogP contribution in [0.4, 0.5) is 0 Å². The highest BCUT2D eigenvalue weighted by Crippen LogP contribution is 2.32. The third kappa shape index (κ3) is 7.37. The molecule has 0 radical (unpaired) electrons. The van der Waals surface area contributed by atoms with Gasteiger partial charge in [-0.25, -0.2) is 0 Å². The molecule has 0 aromatic heterocycles. The van der Waals surface area contributed by atoms with Crippen molar-refractivity contribution in [3.05, 3.63) is 65.7 Å². The molecule has 0 saturated heterocycles. The zero-order chi connectivity index (χ0) is 23.5. The molecule has 0 aliphatic rings. The number of aromatic hydroxyl groups is 1. The first kappa shape index (κ1) is 24.9. The van der Waals surface area contributed by atoms with E-state index in [-0.39, 0.29) is 12.4 Å². The number of ether oxygens (including phenoxy) is 2. The minimum absolute atomic E-state index is 0.104. The van der Waals surface area contributed by atoms with E-state index in [4.69, 9.17) is 14.6 Å². The molecular formula is C28H37NO4. The molecule has 0 fully saturated rings. The minimum Gasteiger partial charge on any atom is -0.508 e. The fourth-order valence-electron chi connectivity index (χ4n) is 4.09. The molecule has 3 rings (SSSR count). The first-order chi connectivity index (χ1) is 16.1. The predicted molar refractivity (Wildman–Crippen MR) is 135 cm³/mol. The molecule has 33 heavy (non-hydrogen) atoms. The van der Waals surface area contributed by atoms with Crippen molar-refractivity contribution in [1.82, 2.24) is 4.90 Å². The molecule has 0 saturated carbocycles. The molecule has 178 valence electrons. The highest BCUT2D eigenvalue weighted by Gasteiger charge is 2.11. The number of aliphatic hydroxyl groups is 1. The summed E-state index contributed by atoms with van der Waals surface area (Å²) in [7, 11) is 0. The largest absolute Gasteiger partial charge is 0.508 e. The third-order valence-electron chi connectivity index (χ3n) is 5.69. The van der Waals surface area contributed by atoms with Crippen LogP contribution in [0.1, 0.15) is 44.2 Å². The summed E-state index contributed by atoms with van der Waals surface area (Å²) in [6.45, 7) is 8.85. The molecule has 0 amide bonds. The Morgan fingerprint density at radius 2 is 1.58 bits per heavy atom. The minimum atomic E-state index is 0.104. The maximum Gasteiger partial charge on any atom is 0.123 e. The van der Waals surface area contributed by atoms with E-state index >= 15 is 0 Å². The second kappa shape index (κ2) is 13.1. The number of nitrogens with zero attached hydrogens (tertiary/aromatic N) is 1. The highest BCUT2D eigenvalue weighted by atomic mass is 16.5. The smallest absolute Gasteiger partial charge is 0.123 e. The zero-order valence-corrected chi connectivity index (χ0v) is 19.9. The van der Waals surface area contributed by atoms with Gasteiger partial charge in [-0.15, -0.1) is 0 Å². The van der Waals surface area contributed by atoms with E-state index in [9.17, 15) is 5.11 Å². The van der Waals surface area contributed by atoms with Gasteiger partial charge in [-0.3, -0.25) is 4.90 Å². The molecule has 0 unspecified atom stereocenters. The van der Waals surface area contributed by atoms with Crippen molar-refractivity contribution in [3.63, 3.8) is 0 Å². The van der Waals surface area contributed by atoms with Crippen molar-refractivity contribution in [1.29, 1.82) is 0 Å². The fourth-order valence-corrected chi connectivity index (χ4v) is 4.09. The van der Waals surface area contributed by atoms with Crippen LogP contribution >= 0.6 is 0 Å². The molecule has 0 aliphatic heterocycles. The Kier molecular flexibility index (Phi) is 9.85. The first-order valence-corrected chi connectivity index (χ1v) is 12.1. The Morgan fingerprint density at radius 1 is 0.818 bits per heavy atom. The summed E-state index contributed by atoms with van der Waals surface area (Å²) in [5.74, 6) is 1.95. The van der Waals surface area contributed by atoms with Gasteiger partial charge < -0.3 is 19.7 Å². The molecule has 2 N–H and O–H groups in total. The quantitative estimate of drug-likeness (QED) is 0.322. The van der Waals surface area contributed by atoms with Gasteiger partial charge in [-0.1, -0.05) is 38.1 Å². The van der Waals surface area contributed by atoms with Crippen LogP contribution in [0.2, 0.25) is 0 Å². The van der Waals surface area contributed by atoms with Crippen LogP contribution < -0.4 is 9.47 Å². The summed E-state index contributed by atoms with van der Waals surface area (Å²) in [6.07, 6.45) is 3.62. The second-order valence-corrected chi connectivity index (χ2v) is 8.38. The van der Waals surface area contributed by atoms with Gasteiger partial charge in [0.2, 0.25) is 0 Å².